The smallest absolute Gasteiger partial charge is 0.229 e. The van der Waals surface area contributed by atoms with Crippen LogP contribution in [0.15, 0.2) is 11.6 Å². The van der Waals surface area contributed by atoms with Gasteiger partial charge in [-0.3, -0.25) is 4.79 Å². The molecule has 1 atom stereocenters. The fraction of sp³-hybridized carbons (Fsp3) is 0.429. The van der Waals surface area contributed by atoms with Crippen LogP contribution in [0.3, 0.4) is 0 Å². The first-order valence-electron chi connectivity index (χ1n) is 3.55. The molecule has 0 aliphatic carbocycles. The first-order chi connectivity index (χ1) is 5.74. The number of nitrogens with zero attached hydrogens (tertiary/aromatic N) is 1. The van der Waals surface area contributed by atoms with Crippen molar-refractivity contribution in [2.24, 2.45) is 5.92 Å². The summed E-state index contributed by atoms with van der Waals surface area (Å²) in [5.41, 5.74) is 0. The van der Waals surface area contributed by atoms with Crippen LogP contribution < -0.4 is 5.32 Å². The molecule has 1 heterocycles. The van der Waals surface area contributed by atoms with Gasteiger partial charge in [-0.2, -0.15) is 12.6 Å². The number of amides is 1. The largest absolute Gasteiger partial charge is 0.302 e. The molecule has 0 saturated heterocycles. The van der Waals surface area contributed by atoms with E-state index in [0.717, 1.165) is 0 Å². The Morgan fingerprint density at radius 3 is 3.17 bits per heavy atom. The summed E-state index contributed by atoms with van der Waals surface area (Å²) in [5, 5.41) is 5.16. The van der Waals surface area contributed by atoms with Gasteiger partial charge in [0.25, 0.3) is 0 Å². The molecule has 0 aliphatic rings. The third-order valence-electron chi connectivity index (χ3n) is 1.38. The Morgan fingerprint density at radius 2 is 2.67 bits per heavy atom. The van der Waals surface area contributed by atoms with Crippen molar-refractivity contribution in [3.8, 4) is 0 Å². The number of hydrogen-bond donors (Lipinski definition) is 2. The average Bonchev–Trinajstić information content (AvgIpc) is 2.55. The molecule has 1 amide bonds. The Hall–Kier alpha value is -0.550. The van der Waals surface area contributed by atoms with E-state index in [1.165, 1.54) is 11.3 Å². The van der Waals surface area contributed by atoms with Crippen molar-refractivity contribution >= 4 is 35.0 Å². The van der Waals surface area contributed by atoms with Crippen LogP contribution in [0.2, 0.25) is 0 Å². The zero-order valence-electron chi connectivity index (χ0n) is 6.65. The van der Waals surface area contributed by atoms with Gasteiger partial charge in [0.2, 0.25) is 5.91 Å². The maximum absolute atomic E-state index is 11.2. The van der Waals surface area contributed by atoms with Gasteiger partial charge in [0, 0.05) is 23.2 Å². The lowest BCUT2D eigenvalue weighted by Gasteiger charge is -2.05. The summed E-state index contributed by atoms with van der Waals surface area (Å²) in [4.78, 5) is 15.2. The molecule has 5 heteroatoms. The molecule has 0 fully saturated rings. The Morgan fingerprint density at radius 1 is 1.92 bits per heavy atom. The highest BCUT2D eigenvalue weighted by atomic mass is 32.1. The molecule has 0 spiro atoms. The summed E-state index contributed by atoms with van der Waals surface area (Å²) in [6.45, 7) is 1.83. The van der Waals surface area contributed by atoms with E-state index >= 15 is 0 Å². The van der Waals surface area contributed by atoms with Crippen molar-refractivity contribution in [3.05, 3.63) is 11.6 Å². The second-order valence-electron chi connectivity index (χ2n) is 2.41. The third-order valence-corrected chi connectivity index (χ3v) is 2.62. The van der Waals surface area contributed by atoms with E-state index in [0.29, 0.717) is 10.9 Å². The first-order valence-corrected chi connectivity index (χ1v) is 5.06. The molecule has 0 bridgehead atoms. The third kappa shape index (κ3) is 2.49. The molecule has 0 aromatic carbocycles. The van der Waals surface area contributed by atoms with E-state index in [9.17, 15) is 4.79 Å². The molecule has 66 valence electrons. The minimum absolute atomic E-state index is 0.0278. The molecule has 1 aromatic heterocycles. The van der Waals surface area contributed by atoms with Crippen LogP contribution in [0.1, 0.15) is 6.92 Å². The molecular formula is C7H10N2OS2. The molecule has 1 unspecified atom stereocenters. The molecule has 1 aromatic rings. The molecule has 3 nitrogen and oxygen atoms in total. The van der Waals surface area contributed by atoms with Gasteiger partial charge in [-0.1, -0.05) is 6.92 Å². The summed E-state index contributed by atoms with van der Waals surface area (Å²) in [5.74, 6) is 0.453. The minimum Gasteiger partial charge on any atom is -0.302 e. The van der Waals surface area contributed by atoms with E-state index in [2.05, 4.69) is 22.9 Å². The van der Waals surface area contributed by atoms with Crippen molar-refractivity contribution in [1.82, 2.24) is 4.98 Å². The molecule has 0 saturated carbocycles. The van der Waals surface area contributed by atoms with Crippen molar-refractivity contribution in [3.63, 3.8) is 0 Å². The van der Waals surface area contributed by atoms with Gasteiger partial charge in [-0.15, -0.1) is 11.3 Å². The Labute approximate surface area is 80.6 Å². The number of anilines is 1. The Kier molecular flexibility index (Phi) is 3.55. The Bertz CT molecular complexity index is 248. The maximum atomic E-state index is 11.2. The molecule has 12 heavy (non-hydrogen) atoms. The zero-order chi connectivity index (χ0) is 8.97. The number of thiazole rings is 1. The zero-order valence-corrected chi connectivity index (χ0v) is 8.36. The number of aromatic nitrogens is 1. The van der Waals surface area contributed by atoms with E-state index in [-0.39, 0.29) is 11.8 Å². The van der Waals surface area contributed by atoms with Crippen molar-refractivity contribution in [2.45, 2.75) is 6.92 Å². The topological polar surface area (TPSA) is 42.0 Å². The summed E-state index contributed by atoms with van der Waals surface area (Å²) < 4.78 is 0. The molecule has 1 rings (SSSR count). The van der Waals surface area contributed by atoms with E-state index in [1.54, 1.807) is 6.20 Å². The molecule has 0 aliphatic heterocycles. The summed E-state index contributed by atoms with van der Waals surface area (Å²) in [6, 6.07) is 0. The molecule has 0 radical (unpaired) electrons. The van der Waals surface area contributed by atoms with Crippen LogP contribution in [-0.2, 0) is 4.79 Å². The second-order valence-corrected chi connectivity index (χ2v) is 3.67. The van der Waals surface area contributed by atoms with Crippen LogP contribution >= 0.6 is 24.0 Å². The quantitative estimate of drug-likeness (QED) is 0.732. The lowest BCUT2D eigenvalue weighted by Crippen LogP contribution is -2.21. The highest BCUT2D eigenvalue weighted by molar-refractivity contribution is 7.80. The van der Waals surface area contributed by atoms with Crippen molar-refractivity contribution in [1.29, 1.82) is 0 Å². The fourth-order valence-electron chi connectivity index (χ4n) is 0.597. The highest BCUT2D eigenvalue weighted by Gasteiger charge is 2.11. The summed E-state index contributed by atoms with van der Waals surface area (Å²) in [7, 11) is 0. The lowest BCUT2D eigenvalue weighted by atomic mass is 10.2. The fourth-order valence-corrected chi connectivity index (χ4v) is 1.29. The van der Waals surface area contributed by atoms with Crippen LogP contribution in [0.5, 0.6) is 0 Å². The average molecular weight is 202 g/mol. The summed E-state index contributed by atoms with van der Waals surface area (Å²) >= 11 is 5.44. The van der Waals surface area contributed by atoms with Gasteiger partial charge in [-0.25, -0.2) is 4.98 Å². The predicted molar refractivity (Wildman–Crippen MR) is 53.8 cm³/mol. The number of rotatable bonds is 3. The van der Waals surface area contributed by atoms with Gasteiger partial charge < -0.3 is 5.32 Å². The van der Waals surface area contributed by atoms with Crippen LogP contribution in [0.25, 0.3) is 0 Å². The van der Waals surface area contributed by atoms with Crippen LogP contribution in [-0.4, -0.2) is 16.6 Å². The first kappa shape index (κ1) is 9.54. The minimum atomic E-state index is -0.0720. The normalized spacial score (nSPS) is 12.5. The maximum Gasteiger partial charge on any atom is 0.229 e. The number of hydrogen-bond acceptors (Lipinski definition) is 4. The van der Waals surface area contributed by atoms with E-state index in [4.69, 9.17) is 0 Å². The van der Waals surface area contributed by atoms with Crippen LogP contribution in [0, 0.1) is 5.92 Å². The van der Waals surface area contributed by atoms with Crippen LogP contribution in [0.4, 0.5) is 5.13 Å². The lowest BCUT2D eigenvalue weighted by molar-refractivity contribution is -0.118. The number of nitrogens with one attached hydrogen (secondary N) is 1. The highest BCUT2D eigenvalue weighted by Crippen LogP contribution is 2.11. The van der Waals surface area contributed by atoms with E-state index in [1.807, 2.05) is 12.3 Å². The van der Waals surface area contributed by atoms with Gasteiger partial charge >= 0.3 is 0 Å². The summed E-state index contributed by atoms with van der Waals surface area (Å²) in [6.07, 6.45) is 1.66. The Balaban J connectivity index is 2.47. The van der Waals surface area contributed by atoms with Gasteiger partial charge in [-0.05, 0) is 0 Å². The standard InChI is InChI=1S/C7H10N2OS2/c1-5(4-11)6(10)9-7-8-2-3-12-7/h2-3,5,11H,4H2,1H3,(H,8,9,10). The van der Waals surface area contributed by atoms with Crippen molar-refractivity contribution < 1.29 is 4.79 Å². The van der Waals surface area contributed by atoms with E-state index < -0.39 is 0 Å². The molecule has 1 N–H and O–H groups in total. The number of thiol groups is 1. The monoisotopic (exact) mass is 202 g/mol. The number of carbonyl (C=O) groups excluding carboxylic acids is 1. The van der Waals surface area contributed by atoms with Gasteiger partial charge in [0.15, 0.2) is 5.13 Å². The second kappa shape index (κ2) is 4.47. The van der Waals surface area contributed by atoms with Crippen molar-refractivity contribution in [2.75, 3.05) is 11.1 Å². The van der Waals surface area contributed by atoms with Gasteiger partial charge in [0.1, 0.15) is 0 Å². The SMILES string of the molecule is CC(CS)C(=O)Nc1nccs1. The van der Waals surface area contributed by atoms with Gasteiger partial charge in [0.05, 0.1) is 0 Å². The predicted octanol–water partition coefficient (Wildman–Crippen LogP) is 1.65. The number of carbonyl (C=O) groups is 1. The molecular weight excluding hydrogens is 192 g/mol.